The van der Waals surface area contributed by atoms with Crippen molar-refractivity contribution in [3.63, 3.8) is 0 Å². The van der Waals surface area contributed by atoms with E-state index in [1.54, 1.807) is 0 Å². The number of esters is 2. The highest BCUT2D eigenvalue weighted by Crippen LogP contribution is 2.38. The predicted molar refractivity (Wildman–Crippen MR) is 217 cm³/mol. The summed E-state index contributed by atoms with van der Waals surface area (Å²) in [5.74, 6) is -0.874. The van der Waals surface area contributed by atoms with Gasteiger partial charge in [-0.2, -0.15) is 0 Å². The number of rotatable bonds is 39. The van der Waals surface area contributed by atoms with Crippen molar-refractivity contribution < 1.29 is 42.5 Å². The number of hydrogen-bond donors (Lipinski definition) is 1. The van der Waals surface area contributed by atoms with E-state index in [4.69, 9.17) is 18.5 Å². The maximum Gasteiger partial charge on any atom is 0.306 e. The lowest BCUT2D eigenvalue weighted by Crippen LogP contribution is -3.06. The minimum atomic E-state index is -4.60. The van der Waals surface area contributed by atoms with Crippen LogP contribution in [0.2, 0.25) is 0 Å². The molecule has 2 atom stereocenters. The molecule has 0 saturated heterocycles. The topological polar surface area (TPSA) is 116 Å². The second kappa shape index (κ2) is 38.5. The van der Waals surface area contributed by atoms with E-state index in [9.17, 15) is 19.0 Å². The lowest BCUT2D eigenvalue weighted by Gasteiger charge is -2.25. The van der Waals surface area contributed by atoms with Gasteiger partial charge in [0.2, 0.25) is 0 Å². The summed E-state index contributed by atoms with van der Waals surface area (Å²) in [5, 5.41) is 0. The normalized spacial score (nSPS) is 13.8. The number of quaternary nitrogens is 1. The minimum Gasteiger partial charge on any atom is -0.756 e. The highest BCUT2D eigenvalue weighted by atomic mass is 31.2. The van der Waals surface area contributed by atoms with Gasteiger partial charge in [0.15, 0.2) is 6.10 Å². The first-order valence-corrected chi connectivity index (χ1v) is 22.8. The average molecular weight is 770 g/mol. The summed E-state index contributed by atoms with van der Waals surface area (Å²) >= 11 is 0. The largest absolute Gasteiger partial charge is 0.756 e. The Hall–Kier alpha value is -1.77. The summed E-state index contributed by atoms with van der Waals surface area (Å²) in [7, 11) is -0.839. The Balaban J connectivity index is 4.36. The van der Waals surface area contributed by atoms with Crippen LogP contribution in [0.3, 0.4) is 0 Å². The summed E-state index contributed by atoms with van der Waals surface area (Å²) < 4.78 is 33.1. The fourth-order valence-electron chi connectivity index (χ4n) is 5.65. The molecule has 310 valence electrons. The molecular weight excluding hydrogens is 689 g/mol. The van der Waals surface area contributed by atoms with Gasteiger partial charge in [-0.3, -0.25) is 14.2 Å². The van der Waals surface area contributed by atoms with E-state index in [0.29, 0.717) is 13.0 Å². The lowest BCUT2D eigenvalue weighted by molar-refractivity contribution is -0.858. The first-order valence-electron chi connectivity index (χ1n) is 21.4. The van der Waals surface area contributed by atoms with Gasteiger partial charge < -0.3 is 28.3 Å². The number of likely N-dealkylation sites (N-methyl/N-ethyl adjacent to an activating group) is 1. The van der Waals surface area contributed by atoms with Crippen molar-refractivity contribution in [2.24, 2.45) is 0 Å². The fourth-order valence-corrected chi connectivity index (χ4v) is 6.39. The van der Waals surface area contributed by atoms with E-state index in [-0.39, 0.29) is 26.1 Å². The predicted octanol–water partition coefficient (Wildman–Crippen LogP) is 9.94. The molecular formula is C43H80NO8P. The molecule has 0 aliphatic carbocycles. The molecule has 0 radical (unpaired) electrons. The van der Waals surface area contributed by atoms with Gasteiger partial charge >= 0.3 is 11.9 Å². The molecule has 0 rings (SSSR count). The minimum absolute atomic E-state index is 0.0247. The van der Waals surface area contributed by atoms with Crippen molar-refractivity contribution in [3.05, 3.63) is 36.5 Å². The number of hydrogen-bond acceptors (Lipinski definition) is 8. The zero-order valence-electron chi connectivity index (χ0n) is 34.5. The molecule has 0 fully saturated rings. The third kappa shape index (κ3) is 39.7. The van der Waals surface area contributed by atoms with Crippen LogP contribution in [-0.4, -0.2) is 58.5 Å². The second-order valence-corrected chi connectivity index (χ2v) is 16.1. The number of allylic oxidation sites excluding steroid dienone is 6. The monoisotopic (exact) mass is 770 g/mol. The van der Waals surface area contributed by atoms with Crippen molar-refractivity contribution in [3.8, 4) is 0 Å². The molecule has 0 aromatic rings. The van der Waals surface area contributed by atoms with Gasteiger partial charge in [0.05, 0.1) is 20.7 Å². The van der Waals surface area contributed by atoms with Crippen LogP contribution in [0.25, 0.3) is 0 Å². The highest BCUT2D eigenvalue weighted by Gasteiger charge is 2.21. The van der Waals surface area contributed by atoms with E-state index in [2.05, 4.69) is 50.3 Å². The summed E-state index contributed by atoms with van der Waals surface area (Å²) in [4.78, 5) is 38.3. The standard InChI is InChI=1S/C43H80NO8P/c1-5-7-9-11-13-15-17-19-21-23-25-27-29-31-33-35-42(45)49-39-41(40-51-53(47,48)50-38-37-44(3)4)52-43(46)36-34-32-30-28-26-24-22-20-18-16-14-12-10-8-6-2/h14,16,20,22,26,28,41H,5-13,15,17-19,21,23-25,27,29-40H2,1-4H3,(H,47,48)/b16-14-,22-20-,28-26-/t41-/m1/s1. The molecule has 53 heavy (non-hydrogen) atoms. The van der Waals surface area contributed by atoms with Gasteiger partial charge in [-0.15, -0.1) is 0 Å². The van der Waals surface area contributed by atoms with Crippen LogP contribution >= 0.6 is 7.82 Å². The summed E-state index contributed by atoms with van der Waals surface area (Å²) in [5.41, 5.74) is 0. The Morgan fingerprint density at radius 2 is 1.02 bits per heavy atom. The molecule has 1 unspecified atom stereocenters. The maximum absolute atomic E-state index is 12.6. The summed E-state index contributed by atoms with van der Waals surface area (Å²) in [6.45, 7) is 4.19. The number of phosphoric ester groups is 1. The Morgan fingerprint density at radius 1 is 0.585 bits per heavy atom. The van der Waals surface area contributed by atoms with Gasteiger partial charge in [0, 0.05) is 12.8 Å². The first-order chi connectivity index (χ1) is 25.7. The second-order valence-electron chi connectivity index (χ2n) is 14.7. The number of carbonyl (C=O) groups is 2. The molecule has 10 heteroatoms. The number of carbonyl (C=O) groups excluding carboxylic acids is 2. The van der Waals surface area contributed by atoms with Crippen molar-refractivity contribution in [1.82, 2.24) is 0 Å². The molecule has 1 N–H and O–H groups in total. The Labute approximate surface area is 325 Å². The van der Waals surface area contributed by atoms with Crippen molar-refractivity contribution in [1.29, 1.82) is 0 Å². The summed E-state index contributed by atoms with van der Waals surface area (Å²) in [6.07, 6.45) is 40.3. The fraction of sp³-hybridized carbons (Fsp3) is 0.814. The van der Waals surface area contributed by atoms with Crippen LogP contribution in [-0.2, 0) is 32.7 Å². The van der Waals surface area contributed by atoms with E-state index >= 15 is 0 Å². The molecule has 0 amide bonds. The van der Waals surface area contributed by atoms with Gasteiger partial charge in [0.1, 0.15) is 19.8 Å². The third-order valence-corrected chi connectivity index (χ3v) is 9.97. The Morgan fingerprint density at radius 3 is 1.55 bits per heavy atom. The SMILES string of the molecule is CCCCC/C=C\C/C=C\C/C=C\CCCCC(=O)O[C@H](COC(=O)CCCCCCCCCCCCCCCCC)COP(=O)([O-])OCC[NH+](C)C. The van der Waals surface area contributed by atoms with E-state index in [1.165, 1.54) is 96.3 Å². The molecule has 0 saturated carbocycles. The van der Waals surface area contributed by atoms with Gasteiger partial charge in [0.25, 0.3) is 7.82 Å². The molecule has 0 bridgehead atoms. The molecule has 0 spiro atoms. The van der Waals surface area contributed by atoms with Crippen LogP contribution < -0.4 is 9.79 Å². The van der Waals surface area contributed by atoms with Gasteiger partial charge in [-0.1, -0.05) is 153 Å². The van der Waals surface area contributed by atoms with Gasteiger partial charge in [-0.05, 0) is 51.4 Å². The molecule has 0 heterocycles. The van der Waals surface area contributed by atoms with Gasteiger partial charge in [-0.25, -0.2) is 0 Å². The van der Waals surface area contributed by atoms with Crippen LogP contribution in [0.1, 0.15) is 181 Å². The molecule has 0 aromatic carbocycles. The quantitative estimate of drug-likeness (QED) is 0.0284. The highest BCUT2D eigenvalue weighted by molar-refractivity contribution is 7.45. The van der Waals surface area contributed by atoms with Crippen molar-refractivity contribution in [2.75, 3.05) is 40.5 Å². The maximum atomic E-state index is 12.6. The van der Waals surface area contributed by atoms with Crippen LogP contribution in [0.4, 0.5) is 0 Å². The average Bonchev–Trinajstić information content (AvgIpc) is 3.12. The molecule has 0 aromatic heterocycles. The van der Waals surface area contributed by atoms with E-state index < -0.39 is 32.5 Å². The Bertz CT molecular complexity index is 983. The smallest absolute Gasteiger partial charge is 0.306 e. The molecule has 9 nitrogen and oxygen atoms in total. The number of nitrogens with one attached hydrogen (secondary N) is 1. The van der Waals surface area contributed by atoms with Crippen LogP contribution in [0.15, 0.2) is 36.5 Å². The third-order valence-electron chi connectivity index (χ3n) is 9.00. The molecule has 0 aliphatic rings. The lowest BCUT2D eigenvalue weighted by atomic mass is 10.0. The zero-order chi connectivity index (χ0) is 39.1. The molecule has 0 aliphatic heterocycles. The number of ether oxygens (including phenoxy) is 2. The zero-order valence-corrected chi connectivity index (χ0v) is 35.4. The van der Waals surface area contributed by atoms with E-state index in [0.717, 1.165) is 56.3 Å². The van der Waals surface area contributed by atoms with E-state index in [1.807, 2.05) is 14.1 Å². The van der Waals surface area contributed by atoms with Crippen molar-refractivity contribution >= 4 is 19.8 Å². The van der Waals surface area contributed by atoms with Crippen LogP contribution in [0.5, 0.6) is 0 Å². The number of unbranched alkanes of at least 4 members (excludes halogenated alkanes) is 19. The Kier molecular flexibility index (Phi) is 37.2. The van der Waals surface area contributed by atoms with Crippen LogP contribution in [0, 0.1) is 0 Å². The summed E-state index contributed by atoms with van der Waals surface area (Å²) in [6, 6.07) is 0. The first kappa shape index (κ1) is 51.2. The number of phosphoric acid groups is 1. The van der Waals surface area contributed by atoms with Crippen molar-refractivity contribution in [2.45, 2.75) is 187 Å².